The van der Waals surface area contributed by atoms with Crippen LogP contribution >= 0.6 is 27.7 Å². The molecule has 1 N–H and O–H groups in total. The van der Waals surface area contributed by atoms with Gasteiger partial charge in [-0.1, -0.05) is 39.8 Å². The smallest absolute Gasteiger partial charge is 0.264 e. The molecular formula is C22H20BrN7O3S. The second-order valence-corrected chi connectivity index (χ2v) is 9.77. The molecule has 5 rings (SSSR count). The summed E-state index contributed by atoms with van der Waals surface area (Å²) in [5.41, 5.74) is 1.15. The highest BCUT2D eigenvalue weighted by molar-refractivity contribution is 9.10. The van der Waals surface area contributed by atoms with Gasteiger partial charge in [0.05, 0.1) is 25.3 Å². The van der Waals surface area contributed by atoms with Gasteiger partial charge in [-0.2, -0.15) is 5.10 Å². The van der Waals surface area contributed by atoms with Gasteiger partial charge in [0.1, 0.15) is 11.7 Å². The SMILES string of the molecule is O=C(CC1CSc2nccc(=O)n21)NCCn1ncc2c(=O)n(Cc3ccc(Br)cc3)cnc21. The molecular weight excluding hydrogens is 522 g/mol. The largest absolute Gasteiger partial charge is 0.354 e. The molecule has 0 spiro atoms. The zero-order valence-corrected chi connectivity index (χ0v) is 20.3. The molecule has 1 aliphatic rings. The number of carbonyl (C=O) groups excluding carboxylic acids is 1. The molecule has 34 heavy (non-hydrogen) atoms. The quantitative estimate of drug-likeness (QED) is 0.354. The first-order valence-corrected chi connectivity index (χ1v) is 12.4. The summed E-state index contributed by atoms with van der Waals surface area (Å²) >= 11 is 4.88. The molecule has 0 fully saturated rings. The summed E-state index contributed by atoms with van der Waals surface area (Å²) in [7, 11) is 0. The normalized spacial score (nSPS) is 14.9. The van der Waals surface area contributed by atoms with Gasteiger partial charge in [-0.15, -0.1) is 0 Å². The molecule has 0 saturated heterocycles. The number of aromatic nitrogens is 6. The third kappa shape index (κ3) is 4.55. The van der Waals surface area contributed by atoms with Gasteiger partial charge in [0.15, 0.2) is 10.8 Å². The number of halogens is 1. The molecule has 10 nitrogen and oxygen atoms in total. The average molecular weight is 542 g/mol. The van der Waals surface area contributed by atoms with Crippen LogP contribution in [0.3, 0.4) is 0 Å². The first kappa shape index (κ1) is 22.5. The molecule has 1 aromatic carbocycles. The lowest BCUT2D eigenvalue weighted by Crippen LogP contribution is -2.32. The van der Waals surface area contributed by atoms with E-state index in [1.165, 1.54) is 36.5 Å². The number of carbonyl (C=O) groups is 1. The summed E-state index contributed by atoms with van der Waals surface area (Å²) in [5, 5.41) is 8.22. The highest BCUT2D eigenvalue weighted by atomic mass is 79.9. The lowest BCUT2D eigenvalue weighted by atomic mass is 10.2. The Bertz CT molecular complexity index is 1480. The van der Waals surface area contributed by atoms with E-state index in [9.17, 15) is 14.4 Å². The van der Waals surface area contributed by atoms with Crippen molar-refractivity contribution in [3.05, 3.63) is 79.8 Å². The van der Waals surface area contributed by atoms with E-state index in [0.717, 1.165) is 10.0 Å². The van der Waals surface area contributed by atoms with E-state index in [0.29, 0.717) is 41.6 Å². The molecule has 0 saturated carbocycles. The number of fused-ring (bicyclic) bond motifs is 2. The Hall–Kier alpha value is -3.25. The molecule has 0 radical (unpaired) electrons. The van der Waals surface area contributed by atoms with Crippen LogP contribution in [0.2, 0.25) is 0 Å². The van der Waals surface area contributed by atoms with Crippen molar-refractivity contribution in [2.75, 3.05) is 12.3 Å². The number of thioether (sulfide) groups is 1. The van der Waals surface area contributed by atoms with Crippen LogP contribution in [0.5, 0.6) is 0 Å². The van der Waals surface area contributed by atoms with E-state index in [1.54, 1.807) is 13.8 Å². The van der Waals surface area contributed by atoms with Crippen molar-refractivity contribution in [1.29, 1.82) is 0 Å². The minimum Gasteiger partial charge on any atom is -0.354 e. The standard InChI is InChI=1S/C22H20BrN7O3S/c23-15-3-1-14(2-4-15)11-28-13-26-20-17(21(28)33)10-27-29(20)8-7-24-18(31)9-16-12-34-22-25-6-5-19(32)30(16)22/h1-6,10,13,16H,7-9,11-12H2,(H,24,31). The van der Waals surface area contributed by atoms with Crippen LogP contribution in [0.4, 0.5) is 0 Å². The first-order chi connectivity index (χ1) is 16.5. The maximum Gasteiger partial charge on any atom is 0.264 e. The third-order valence-electron chi connectivity index (χ3n) is 5.57. The van der Waals surface area contributed by atoms with E-state index < -0.39 is 0 Å². The minimum atomic E-state index is -0.211. The Morgan fingerprint density at radius 1 is 1.18 bits per heavy atom. The molecule has 4 heterocycles. The van der Waals surface area contributed by atoms with Crippen molar-refractivity contribution >= 4 is 44.6 Å². The fraction of sp³-hybridized carbons (Fsp3) is 0.273. The van der Waals surface area contributed by atoms with E-state index in [2.05, 4.69) is 36.3 Å². The molecule has 0 bridgehead atoms. The van der Waals surface area contributed by atoms with Crippen LogP contribution < -0.4 is 16.4 Å². The Balaban J connectivity index is 1.21. The fourth-order valence-corrected chi connectivity index (χ4v) is 5.27. The summed E-state index contributed by atoms with van der Waals surface area (Å²) in [4.78, 5) is 46.0. The summed E-state index contributed by atoms with van der Waals surface area (Å²) in [6.45, 7) is 1.11. The van der Waals surface area contributed by atoms with Crippen molar-refractivity contribution in [1.82, 2.24) is 34.2 Å². The molecule has 1 unspecified atom stereocenters. The molecule has 1 atom stereocenters. The fourth-order valence-electron chi connectivity index (χ4n) is 3.89. The van der Waals surface area contributed by atoms with Gasteiger partial charge in [-0.25, -0.2) is 14.6 Å². The summed E-state index contributed by atoms with van der Waals surface area (Å²) in [5.74, 6) is 0.482. The maximum atomic E-state index is 12.9. The van der Waals surface area contributed by atoms with Crippen LogP contribution in [-0.2, 0) is 17.9 Å². The van der Waals surface area contributed by atoms with Gasteiger partial charge in [0.2, 0.25) is 5.91 Å². The van der Waals surface area contributed by atoms with Crippen molar-refractivity contribution in [3.63, 3.8) is 0 Å². The molecule has 174 valence electrons. The molecule has 1 aliphatic heterocycles. The second-order valence-electron chi connectivity index (χ2n) is 7.86. The monoisotopic (exact) mass is 541 g/mol. The van der Waals surface area contributed by atoms with Crippen LogP contribution in [-0.4, -0.2) is 47.1 Å². The third-order valence-corrected chi connectivity index (χ3v) is 7.21. The van der Waals surface area contributed by atoms with Gasteiger partial charge in [0.25, 0.3) is 11.1 Å². The van der Waals surface area contributed by atoms with Crippen molar-refractivity contribution in [2.24, 2.45) is 0 Å². The second kappa shape index (κ2) is 9.55. The van der Waals surface area contributed by atoms with Gasteiger partial charge in [0, 0.05) is 35.5 Å². The number of amides is 1. The minimum absolute atomic E-state index is 0.146. The van der Waals surface area contributed by atoms with Crippen LogP contribution in [0, 0.1) is 0 Å². The first-order valence-electron chi connectivity index (χ1n) is 10.6. The molecule has 4 aromatic rings. The predicted octanol–water partition coefficient (Wildman–Crippen LogP) is 1.81. The van der Waals surface area contributed by atoms with E-state index in [4.69, 9.17) is 0 Å². The Kier molecular flexibility index (Phi) is 6.33. The van der Waals surface area contributed by atoms with Crippen molar-refractivity contribution in [2.45, 2.75) is 30.7 Å². The van der Waals surface area contributed by atoms with E-state index in [1.807, 2.05) is 24.3 Å². The zero-order chi connectivity index (χ0) is 23.7. The van der Waals surface area contributed by atoms with Gasteiger partial charge in [-0.3, -0.25) is 23.5 Å². The topological polar surface area (TPSA) is 117 Å². The maximum absolute atomic E-state index is 12.9. The van der Waals surface area contributed by atoms with Crippen LogP contribution in [0.25, 0.3) is 11.0 Å². The van der Waals surface area contributed by atoms with Gasteiger partial charge < -0.3 is 5.32 Å². The Morgan fingerprint density at radius 3 is 2.82 bits per heavy atom. The average Bonchev–Trinajstić information content (AvgIpc) is 3.43. The lowest BCUT2D eigenvalue weighted by Gasteiger charge is -2.13. The van der Waals surface area contributed by atoms with Gasteiger partial charge in [-0.05, 0) is 17.7 Å². The zero-order valence-electron chi connectivity index (χ0n) is 17.9. The molecule has 1 amide bonds. The number of hydrogen-bond donors (Lipinski definition) is 1. The number of benzene rings is 1. The summed E-state index contributed by atoms with van der Waals surface area (Å²) in [6, 6.07) is 8.95. The van der Waals surface area contributed by atoms with Crippen LogP contribution in [0.1, 0.15) is 18.0 Å². The summed E-state index contributed by atoms with van der Waals surface area (Å²) < 4.78 is 5.71. The predicted molar refractivity (Wildman–Crippen MR) is 131 cm³/mol. The highest BCUT2D eigenvalue weighted by Crippen LogP contribution is 2.31. The van der Waals surface area contributed by atoms with E-state index >= 15 is 0 Å². The molecule has 12 heteroatoms. The van der Waals surface area contributed by atoms with Gasteiger partial charge >= 0.3 is 0 Å². The number of hydrogen-bond acceptors (Lipinski definition) is 7. The number of nitrogens with zero attached hydrogens (tertiary/aromatic N) is 6. The lowest BCUT2D eigenvalue weighted by molar-refractivity contribution is -0.121. The van der Waals surface area contributed by atoms with E-state index in [-0.39, 0.29) is 29.5 Å². The highest BCUT2D eigenvalue weighted by Gasteiger charge is 2.26. The molecule has 0 aliphatic carbocycles. The Labute approximate surface area is 206 Å². The van der Waals surface area contributed by atoms with Crippen LogP contribution in [0.15, 0.2) is 68.3 Å². The summed E-state index contributed by atoms with van der Waals surface area (Å²) in [6.07, 6.45) is 4.72. The Morgan fingerprint density at radius 2 is 2.00 bits per heavy atom. The number of nitrogens with one attached hydrogen (secondary N) is 1. The van der Waals surface area contributed by atoms with Crippen molar-refractivity contribution < 1.29 is 4.79 Å². The molecule has 3 aromatic heterocycles. The van der Waals surface area contributed by atoms with Crippen molar-refractivity contribution in [3.8, 4) is 0 Å². The number of rotatable bonds is 7.